The molecule has 74 valence electrons. The zero-order valence-corrected chi connectivity index (χ0v) is 8.84. The van der Waals surface area contributed by atoms with Crippen molar-refractivity contribution in [3.63, 3.8) is 0 Å². The van der Waals surface area contributed by atoms with Crippen molar-refractivity contribution >= 4 is 0 Å². The van der Waals surface area contributed by atoms with Crippen LogP contribution in [-0.2, 0) is 0 Å². The Bertz CT molecular complexity index is 91.8. The van der Waals surface area contributed by atoms with Crippen molar-refractivity contribution in [2.24, 2.45) is 11.7 Å². The van der Waals surface area contributed by atoms with Crippen molar-refractivity contribution in [3.8, 4) is 0 Å². The number of nitrogens with zero attached hydrogens (tertiary/aromatic N) is 1. The van der Waals surface area contributed by atoms with Gasteiger partial charge < -0.3 is 10.6 Å². The number of rotatable bonds is 7. The highest BCUT2D eigenvalue weighted by Gasteiger charge is 2.04. The lowest BCUT2D eigenvalue weighted by Gasteiger charge is -2.23. The summed E-state index contributed by atoms with van der Waals surface area (Å²) in [4.78, 5) is 2.51. The molecular weight excluding hydrogens is 148 g/mol. The Labute approximate surface area is 77.1 Å². The fourth-order valence-corrected chi connectivity index (χ4v) is 1.44. The summed E-state index contributed by atoms with van der Waals surface area (Å²) in [6.07, 6.45) is 2.38. The lowest BCUT2D eigenvalue weighted by atomic mass is 10.2. The minimum Gasteiger partial charge on any atom is -0.330 e. The average molecular weight is 172 g/mol. The van der Waals surface area contributed by atoms with Gasteiger partial charge in [0.1, 0.15) is 0 Å². The Morgan fingerprint density at radius 3 is 2.33 bits per heavy atom. The first-order valence-corrected chi connectivity index (χ1v) is 5.13. The molecule has 2 nitrogen and oxygen atoms in total. The molecule has 0 atom stereocenters. The van der Waals surface area contributed by atoms with E-state index in [9.17, 15) is 0 Å². The van der Waals surface area contributed by atoms with Crippen molar-refractivity contribution in [2.45, 2.75) is 33.6 Å². The van der Waals surface area contributed by atoms with Gasteiger partial charge in [0.15, 0.2) is 0 Å². The minimum atomic E-state index is 0.773. The number of hydrogen-bond donors (Lipinski definition) is 1. The van der Waals surface area contributed by atoms with Crippen LogP contribution in [0.2, 0.25) is 0 Å². The van der Waals surface area contributed by atoms with Crippen LogP contribution >= 0.6 is 0 Å². The molecule has 12 heavy (non-hydrogen) atoms. The Morgan fingerprint density at radius 1 is 1.25 bits per heavy atom. The third kappa shape index (κ3) is 6.62. The molecule has 0 rings (SSSR count). The van der Waals surface area contributed by atoms with Crippen molar-refractivity contribution in [2.75, 3.05) is 26.2 Å². The van der Waals surface area contributed by atoms with Gasteiger partial charge in [0.25, 0.3) is 0 Å². The molecule has 0 unspecified atom stereocenters. The van der Waals surface area contributed by atoms with Crippen LogP contribution in [0.15, 0.2) is 0 Å². The second-order valence-corrected chi connectivity index (χ2v) is 3.84. The number of hydrogen-bond acceptors (Lipinski definition) is 2. The molecule has 2 N–H and O–H groups in total. The Balaban J connectivity index is 3.54. The quantitative estimate of drug-likeness (QED) is 0.633. The van der Waals surface area contributed by atoms with Crippen LogP contribution in [0, 0.1) is 5.92 Å². The standard InChI is InChI=1S/C10H24N2/c1-4-7-12(8-5-6-11)9-10(2)3/h10H,4-9,11H2,1-3H3. The van der Waals surface area contributed by atoms with E-state index in [1.54, 1.807) is 0 Å². The van der Waals surface area contributed by atoms with Crippen molar-refractivity contribution in [3.05, 3.63) is 0 Å². The van der Waals surface area contributed by atoms with Crippen molar-refractivity contribution in [1.29, 1.82) is 0 Å². The van der Waals surface area contributed by atoms with Crippen LogP contribution in [0.4, 0.5) is 0 Å². The van der Waals surface area contributed by atoms with Gasteiger partial charge in [-0.3, -0.25) is 0 Å². The summed E-state index contributed by atoms with van der Waals surface area (Å²) >= 11 is 0. The molecule has 0 bridgehead atoms. The van der Waals surface area contributed by atoms with E-state index < -0.39 is 0 Å². The van der Waals surface area contributed by atoms with Gasteiger partial charge in [0, 0.05) is 6.54 Å². The fraction of sp³-hybridized carbons (Fsp3) is 1.00. The van der Waals surface area contributed by atoms with Gasteiger partial charge >= 0.3 is 0 Å². The van der Waals surface area contributed by atoms with Crippen LogP contribution in [0.1, 0.15) is 33.6 Å². The Hall–Kier alpha value is -0.0800. The molecule has 0 heterocycles. The molecule has 0 aromatic rings. The summed E-state index contributed by atoms with van der Waals surface area (Å²) in [5.41, 5.74) is 5.48. The summed E-state index contributed by atoms with van der Waals surface area (Å²) in [6, 6.07) is 0. The van der Waals surface area contributed by atoms with Crippen molar-refractivity contribution in [1.82, 2.24) is 4.90 Å². The molecule has 0 radical (unpaired) electrons. The molecule has 0 aliphatic heterocycles. The first kappa shape index (κ1) is 11.9. The average Bonchev–Trinajstić information content (AvgIpc) is 2.00. The van der Waals surface area contributed by atoms with Gasteiger partial charge in [-0.25, -0.2) is 0 Å². The second kappa shape index (κ2) is 7.56. The largest absolute Gasteiger partial charge is 0.330 e. The maximum absolute atomic E-state index is 5.48. The minimum absolute atomic E-state index is 0.773. The summed E-state index contributed by atoms with van der Waals surface area (Å²) in [5, 5.41) is 0. The second-order valence-electron chi connectivity index (χ2n) is 3.84. The first-order valence-electron chi connectivity index (χ1n) is 5.13. The molecule has 0 amide bonds. The van der Waals surface area contributed by atoms with E-state index in [0.717, 1.165) is 18.9 Å². The van der Waals surface area contributed by atoms with Gasteiger partial charge in [-0.05, 0) is 38.4 Å². The van der Waals surface area contributed by atoms with Gasteiger partial charge in [-0.1, -0.05) is 20.8 Å². The highest BCUT2D eigenvalue weighted by atomic mass is 15.1. The third-order valence-electron chi connectivity index (χ3n) is 1.84. The van der Waals surface area contributed by atoms with E-state index >= 15 is 0 Å². The van der Waals surface area contributed by atoms with E-state index in [2.05, 4.69) is 25.7 Å². The molecule has 0 fully saturated rings. The normalized spacial score (nSPS) is 11.5. The summed E-state index contributed by atoms with van der Waals surface area (Å²) < 4.78 is 0. The monoisotopic (exact) mass is 172 g/mol. The third-order valence-corrected chi connectivity index (χ3v) is 1.84. The predicted octanol–water partition coefficient (Wildman–Crippen LogP) is 1.70. The number of nitrogens with two attached hydrogens (primary N) is 1. The zero-order chi connectivity index (χ0) is 9.40. The molecule has 0 spiro atoms. The van der Waals surface area contributed by atoms with Crippen LogP contribution in [-0.4, -0.2) is 31.1 Å². The first-order chi connectivity index (χ1) is 5.70. The summed E-state index contributed by atoms with van der Waals surface area (Å²) in [6.45, 7) is 11.2. The molecule has 0 aromatic carbocycles. The molecular formula is C10H24N2. The van der Waals surface area contributed by atoms with E-state index in [4.69, 9.17) is 5.73 Å². The summed E-state index contributed by atoms with van der Waals surface area (Å²) in [5.74, 6) is 0.773. The molecule has 0 aromatic heterocycles. The maximum atomic E-state index is 5.48. The molecule has 0 saturated carbocycles. The molecule has 0 saturated heterocycles. The predicted molar refractivity (Wildman–Crippen MR) is 55.2 cm³/mol. The van der Waals surface area contributed by atoms with Gasteiger partial charge in [0.05, 0.1) is 0 Å². The van der Waals surface area contributed by atoms with Crippen LogP contribution in [0.3, 0.4) is 0 Å². The molecule has 0 aliphatic rings. The van der Waals surface area contributed by atoms with Gasteiger partial charge in [-0.2, -0.15) is 0 Å². The topological polar surface area (TPSA) is 29.3 Å². The van der Waals surface area contributed by atoms with E-state index in [-0.39, 0.29) is 0 Å². The van der Waals surface area contributed by atoms with Crippen LogP contribution < -0.4 is 5.73 Å². The lowest BCUT2D eigenvalue weighted by molar-refractivity contribution is 0.243. The van der Waals surface area contributed by atoms with E-state index in [1.807, 2.05) is 0 Å². The molecule has 0 aliphatic carbocycles. The van der Waals surface area contributed by atoms with Crippen LogP contribution in [0.25, 0.3) is 0 Å². The Kier molecular flexibility index (Phi) is 7.51. The highest BCUT2D eigenvalue weighted by molar-refractivity contribution is 4.59. The SMILES string of the molecule is CCCN(CCCN)CC(C)C. The van der Waals surface area contributed by atoms with Crippen molar-refractivity contribution < 1.29 is 0 Å². The van der Waals surface area contributed by atoms with Gasteiger partial charge in [-0.15, -0.1) is 0 Å². The Morgan fingerprint density at radius 2 is 1.92 bits per heavy atom. The van der Waals surface area contributed by atoms with Gasteiger partial charge in [0.2, 0.25) is 0 Å². The maximum Gasteiger partial charge on any atom is 0.000439 e. The molecule has 2 heteroatoms. The van der Waals surface area contributed by atoms with E-state index in [1.165, 1.54) is 26.1 Å². The summed E-state index contributed by atoms with van der Waals surface area (Å²) in [7, 11) is 0. The van der Waals surface area contributed by atoms with Crippen LogP contribution in [0.5, 0.6) is 0 Å². The van der Waals surface area contributed by atoms with E-state index in [0.29, 0.717) is 0 Å². The fourth-order valence-electron chi connectivity index (χ4n) is 1.44. The smallest absolute Gasteiger partial charge is 0.000439 e. The lowest BCUT2D eigenvalue weighted by Crippen LogP contribution is -2.30. The zero-order valence-electron chi connectivity index (χ0n) is 8.84. The highest BCUT2D eigenvalue weighted by Crippen LogP contribution is 2.00.